The van der Waals surface area contributed by atoms with Gasteiger partial charge in [0.2, 0.25) is 5.91 Å². The summed E-state index contributed by atoms with van der Waals surface area (Å²) in [5.74, 6) is -0.0616. The molecule has 1 aromatic carbocycles. The first kappa shape index (κ1) is 12.6. The highest BCUT2D eigenvalue weighted by Gasteiger charge is 2.08. The molecule has 0 unspecified atom stereocenters. The number of nitrogens with two attached hydrogens (primary N) is 1. The maximum Gasteiger partial charge on any atom is 0.230 e. The van der Waals surface area contributed by atoms with Crippen LogP contribution in [-0.2, 0) is 11.2 Å². The Hall–Kier alpha value is -1.88. The number of amides is 1. The summed E-state index contributed by atoms with van der Waals surface area (Å²) < 4.78 is 0. The highest BCUT2D eigenvalue weighted by atomic mass is 32.1. The molecular formula is C13H15N3OS. The molecule has 0 atom stereocenters. The normalized spacial score (nSPS) is 10.3. The molecule has 0 spiro atoms. The molecule has 1 heterocycles. The van der Waals surface area contributed by atoms with Gasteiger partial charge in [-0.15, -0.1) is 11.3 Å². The van der Waals surface area contributed by atoms with Crippen molar-refractivity contribution in [3.05, 3.63) is 40.4 Å². The van der Waals surface area contributed by atoms with Gasteiger partial charge in [-0.3, -0.25) is 4.79 Å². The van der Waals surface area contributed by atoms with Crippen LogP contribution in [0.25, 0.3) is 0 Å². The summed E-state index contributed by atoms with van der Waals surface area (Å²) in [6.45, 7) is 3.92. The summed E-state index contributed by atoms with van der Waals surface area (Å²) in [7, 11) is 0. The zero-order valence-corrected chi connectivity index (χ0v) is 11.2. The van der Waals surface area contributed by atoms with Gasteiger partial charge in [-0.2, -0.15) is 0 Å². The Balaban J connectivity index is 1.98. The smallest absolute Gasteiger partial charge is 0.230 e. The highest BCUT2D eigenvalue weighted by molar-refractivity contribution is 7.15. The first-order valence-electron chi connectivity index (χ1n) is 5.63. The van der Waals surface area contributed by atoms with Crippen molar-refractivity contribution >= 4 is 28.1 Å². The van der Waals surface area contributed by atoms with Crippen molar-refractivity contribution in [1.82, 2.24) is 4.98 Å². The van der Waals surface area contributed by atoms with E-state index in [1.165, 1.54) is 11.3 Å². The molecule has 4 nitrogen and oxygen atoms in total. The SMILES string of the molecule is Cc1nc(NC(=O)Cc2ccc(N)cc2)sc1C. The first-order chi connectivity index (χ1) is 8.54. The second-order valence-corrected chi connectivity index (χ2v) is 5.33. The number of aryl methyl sites for hydroxylation is 2. The molecule has 0 aliphatic carbocycles. The molecule has 0 bridgehead atoms. The van der Waals surface area contributed by atoms with Gasteiger partial charge >= 0.3 is 0 Å². The Kier molecular flexibility index (Phi) is 3.62. The number of nitrogens with zero attached hydrogens (tertiary/aromatic N) is 1. The molecule has 0 fully saturated rings. The number of thiazole rings is 1. The number of carbonyl (C=O) groups excluding carboxylic acids is 1. The van der Waals surface area contributed by atoms with E-state index in [0.29, 0.717) is 17.2 Å². The molecule has 0 saturated carbocycles. The molecule has 0 saturated heterocycles. The first-order valence-corrected chi connectivity index (χ1v) is 6.44. The number of carbonyl (C=O) groups is 1. The van der Waals surface area contributed by atoms with Crippen molar-refractivity contribution in [2.45, 2.75) is 20.3 Å². The van der Waals surface area contributed by atoms with Gasteiger partial charge in [0.15, 0.2) is 5.13 Å². The molecule has 0 radical (unpaired) electrons. The van der Waals surface area contributed by atoms with Gasteiger partial charge in [0.05, 0.1) is 12.1 Å². The molecule has 0 aliphatic rings. The number of hydrogen-bond donors (Lipinski definition) is 2. The van der Waals surface area contributed by atoms with Crippen LogP contribution in [0.15, 0.2) is 24.3 Å². The minimum atomic E-state index is -0.0616. The largest absolute Gasteiger partial charge is 0.399 e. The second kappa shape index (κ2) is 5.18. The van der Waals surface area contributed by atoms with Crippen molar-refractivity contribution in [2.75, 3.05) is 11.1 Å². The zero-order valence-electron chi connectivity index (χ0n) is 10.4. The molecule has 2 aromatic rings. The van der Waals surface area contributed by atoms with E-state index in [0.717, 1.165) is 16.1 Å². The summed E-state index contributed by atoms with van der Waals surface area (Å²) in [5, 5.41) is 3.46. The van der Waals surface area contributed by atoms with Gasteiger partial charge in [0.1, 0.15) is 0 Å². The predicted molar refractivity (Wildman–Crippen MR) is 74.8 cm³/mol. The third kappa shape index (κ3) is 3.07. The summed E-state index contributed by atoms with van der Waals surface area (Å²) in [4.78, 5) is 17.2. The highest BCUT2D eigenvalue weighted by Crippen LogP contribution is 2.21. The van der Waals surface area contributed by atoms with Crippen molar-refractivity contribution < 1.29 is 4.79 Å². The Morgan fingerprint density at radius 2 is 2.00 bits per heavy atom. The molecule has 3 N–H and O–H groups in total. The van der Waals surface area contributed by atoms with Crippen LogP contribution in [0.1, 0.15) is 16.1 Å². The van der Waals surface area contributed by atoms with Gasteiger partial charge in [0.25, 0.3) is 0 Å². The van der Waals surface area contributed by atoms with Crippen LogP contribution in [0.3, 0.4) is 0 Å². The van der Waals surface area contributed by atoms with Gasteiger partial charge in [-0.05, 0) is 31.5 Å². The van der Waals surface area contributed by atoms with Crippen LogP contribution in [0.2, 0.25) is 0 Å². The standard InChI is InChI=1S/C13H15N3OS/c1-8-9(2)18-13(15-8)16-12(17)7-10-3-5-11(14)6-4-10/h3-6H,7,14H2,1-2H3,(H,15,16,17). The molecule has 94 valence electrons. The van der Waals surface area contributed by atoms with E-state index < -0.39 is 0 Å². The van der Waals surface area contributed by atoms with Crippen LogP contribution in [0.5, 0.6) is 0 Å². The number of nitrogens with one attached hydrogen (secondary N) is 1. The van der Waals surface area contributed by atoms with Crippen LogP contribution in [0, 0.1) is 13.8 Å². The lowest BCUT2D eigenvalue weighted by atomic mass is 10.1. The fourth-order valence-corrected chi connectivity index (χ4v) is 2.34. The van der Waals surface area contributed by atoms with E-state index in [4.69, 9.17) is 5.73 Å². The summed E-state index contributed by atoms with van der Waals surface area (Å²) in [5.41, 5.74) is 8.19. The van der Waals surface area contributed by atoms with Crippen LogP contribution < -0.4 is 11.1 Å². The van der Waals surface area contributed by atoms with E-state index in [2.05, 4.69) is 10.3 Å². The van der Waals surface area contributed by atoms with E-state index in [1.54, 1.807) is 12.1 Å². The van der Waals surface area contributed by atoms with Crippen molar-refractivity contribution in [2.24, 2.45) is 0 Å². The van der Waals surface area contributed by atoms with Crippen LogP contribution in [-0.4, -0.2) is 10.9 Å². The molecule has 1 amide bonds. The maximum absolute atomic E-state index is 11.8. The summed E-state index contributed by atoms with van der Waals surface area (Å²) >= 11 is 1.49. The van der Waals surface area contributed by atoms with Gasteiger partial charge in [-0.1, -0.05) is 12.1 Å². The monoisotopic (exact) mass is 261 g/mol. The molecular weight excluding hydrogens is 246 g/mol. The van der Waals surface area contributed by atoms with Crippen molar-refractivity contribution in [3.63, 3.8) is 0 Å². The van der Waals surface area contributed by atoms with Gasteiger partial charge in [-0.25, -0.2) is 4.98 Å². The third-order valence-electron chi connectivity index (χ3n) is 2.62. The second-order valence-electron chi connectivity index (χ2n) is 4.13. The Morgan fingerprint density at radius 1 is 1.33 bits per heavy atom. The molecule has 2 rings (SSSR count). The van der Waals surface area contributed by atoms with Crippen molar-refractivity contribution in [3.8, 4) is 0 Å². The Labute approximate surface area is 110 Å². The topological polar surface area (TPSA) is 68.0 Å². The molecule has 18 heavy (non-hydrogen) atoms. The van der Waals surface area contributed by atoms with Crippen LogP contribution in [0.4, 0.5) is 10.8 Å². The molecule has 5 heteroatoms. The van der Waals surface area contributed by atoms with E-state index in [-0.39, 0.29) is 5.91 Å². The summed E-state index contributed by atoms with van der Waals surface area (Å²) in [6.07, 6.45) is 0.331. The number of hydrogen-bond acceptors (Lipinski definition) is 4. The quantitative estimate of drug-likeness (QED) is 0.834. The van der Waals surface area contributed by atoms with Gasteiger partial charge < -0.3 is 11.1 Å². The van der Waals surface area contributed by atoms with Gasteiger partial charge in [0, 0.05) is 10.6 Å². The lowest BCUT2D eigenvalue weighted by Gasteiger charge is -2.02. The Bertz CT molecular complexity index is 541. The van der Waals surface area contributed by atoms with E-state index in [9.17, 15) is 4.79 Å². The number of benzene rings is 1. The lowest BCUT2D eigenvalue weighted by molar-refractivity contribution is -0.115. The number of nitrogen functional groups attached to an aromatic ring is 1. The number of anilines is 2. The average molecular weight is 261 g/mol. The van der Waals surface area contributed by atoms with Crippen molar-refractivity contribution in [1.29, 1.82) is 0 Å². The van der Waals surface area contributed by atoms with Crippen LogP contribution >= 0.6 is 11.3 Å². The minimum absolute atomic E-state index is 0.0616. The molecule has 0 aliphatic heterocycles. The molecule has 1 aromatic heterocycles. The number of rotatable bonds is 3. The minimum Gasteiger partial charge on any atom is -0.399 e. The summed E-state index contributed by atoms with van der Waals surface area (Å²) in [6, 6.07) is 7.29. The number of aromatic nitrogens is 1. The average Bonchev–Trinajstić information content (AvgIpc) is 2.61. The predicted octanol–water partition coefficient (Wildman–Crippen LogP) is 2.52. The Morgan fingerprint density at radius 3 is 2.56 bits per heavy atom. The maximum atomic E-state index is 11.8. The van der Waals surface area contributed by atoms with E-state index >= 15 is 0 Å². The third-order valence-corrected chi connectivity index (χ3v) is 3.61. The van der Waals surface area contributed by atoms with E-state index in [1.807, 2.05) is 26.0 Å². The lowest BCUT2D eigenvalue weighted by Crippen LogP contribution is -2.14. The fraction of sp³-hybridized carbons (Fsp3) is 0.231. The zero-order chi connectivity index (χ0) is 13.1. The fourth-order valence-electron chi connectivity index (χ4n) is 1.51.